The first-order valence-electron chi connectivity index (χ1n) is 22.5. The lowest BCUT2D eigenvalue weighted by molar-refractivity contribution is 0.794. The Morgan fingerprint density at radius 3 is 1.18 bits per heavy atom. The van der Waals surface area contributed by atoms with Gasteiger partial charge in [0.15, 0.2) is 17.5 Å². The third-order valence-electron chi connectivity index (χ3n) is 13.5. The SMILES string of the molecule is C[Si](C)(C)c1cccc(-c2cccc(-c3nc(-c4ccc(-c5ccccc5)cc4)nc(-c4cccc(-c5ccc6c(c5)C5(c7ccccc7-c7ccccc75)c5ccccc5-6)c4)n3)c2)c1. The predicted octanol–water partition coefficient (Wildman–Crippen LogP) is 14.8. The molecule has 0 saturated carbocycles. The standard InChI is InChI=1S/C61H45N3Si/c1-65(2,3)49-23-15-20-45(38-49)43-18-13-21-47(36-43)59-62-58(42-32-30-41(31-33-42)40-16-5-4-6-17-40)63-60(64-59)48-22-14-19-44(37-48)46-34-35-53-52-26-9-12-29-56(52)61(57(53)39-46)54-27-10-7-24-50(54)51-25-8-11-28-55(51)61/h4-39H,1-3H3. The first-order chi connectivity index (χ1) is 31.8. The maximum atomic E-state index is 5.27. The number of aromatic nitrogens is 3. The average molecular weight is 848 g/mol. The van der Waals surface area contributed by atoms with Gasteiger partial charge in [-0.1, -0.05) is 225 Å². The molecule has 3 nitrogen and oxygen atoms in total. The van der Waals surface area contributed by atoms with E-state index in [-0.39, 0.29) is 0 Å². The highest BCUT2D eigenvalue weighted by atomic mass is 28.3. The van der Waals surface area contributed by atoms with Gasteiger partial charge in [0, 0.05) is 16.7 Å². The van der Waals surface area contributed by atoms with Crippen LogP contribution in [-0.4, -0.2) is 23.0 Å². The van der Waals surface area contributed by atoms with Crippen molar-refractivity contribution in [1.82, 2.24) is 15.0 Å². The van der Waals surface area contributed by atoms with Gasteiger partial charge in [0.1, 0.15) is 0 Å². The fraction of sp³-hybridized carbons (Fsp3) is 0.0656. The quantitative estimate of drug-likeness (QED) is 0.150. The molecule has 0 saturated heterocycles. The second-order valence-corrected chi connectivity index (χ2v) is 23.5. The lowest BCUT2D eigenvalue weighted by atomic mass is 9.70. The Hall–Kier alpha value is -7.79. The van der Waals surface area contributed by atoms with Gasteiger partial charge in [-0.2, -0.15) is 0 Å². The number of hydrogen-bond acceptors (Lipinski definition) is 3. The van der Waals surface area contributed by atoms with E-state index in [9.17, 15) is 0 Å². The Balaban J connectivity index is 0.991. The highest BCUT2D eigenvalue weighted by Crippen LogP contribution is 2.63. The summed E-state index contributed by atoms with van der Waals surface area (Å²) < 4.78 is 0. The number of fused-ring (bicyclic) bond motifs is 10. The summed E-state index contributed by atoms with van der Waals surface area (Å²) in [4.78, 5) is 15.7. The van der Waals surface area contributed by atoms with Crippen molar-refractivity contribution in [2.45, 2.75) is 25.1 Å². The fourth-order valence-corrected chi connectivity index (χ4v) is 11.5. The minimum Gasteiger partial charge on any atom is -0.208 e. The lowest BCUT2D eigenvalue weighted by Crippen LogP contribution is -2.37. The molecule has 1 heterocycles. The van der Waals surface area contributed by atoms with Crippen LogP contribution in [0.15, 0.2) is 218 Å². The second kappa shape index (κ2) is 15.2. The minimum absolute atomic E-state index is 0.411. The zero-order chi connectivity index (χ0) is 43.7. The molecule has 2 aliphatic rings. The van der Waals surface area contributed by atoms with Crippen LogP contribution in [0.5, 0.6) is 0 Å². The summed E-state index contributed by atoms with van der Waals surface area (Å²) in [6, 6.07) is 79.4. The normalized spacial score (nSPS) is 13.0. The van der Waals surface area contributed by atoms with E-state index in [0.29, 0.717) is 17.5 Å². The van der Waals surface area contributed by atoms with Crippen molar-refractivity contribution in [2.24, 2.45) is 0 Å². The van der Waals surface area contributed by atoms with Gasteiger partial charge in [-0.15, -0.1) is 0 Å². The molecule has 2 aliphatic carbocycles. The third kappa shape index (κ3) is 6.43. The van der Waals surface area contributed by atoms with Crippen LogP contribution in [0.2, 0.25) is 19.6 Å². The van der Waals surface area contributed by atoms with Crippen molar-refractivity contribution in [2.75, 3.05) is 0 Å². The Kier molecular flexibility index (Phi) is 9.08. The van der Waals surface area contributed by atoms with Crippen LogP contribution in [-0.2, 0) is 5.41 Å². The van der Waals surface area contributed by atoms with Gasteiger partial charge in [0.25, 0.3) is 0 Å². The summed E-state index contributed by atoms with van der Waals surface area (Å²) in [5.74, 6) is 1.91. The molecule has 0 bridgehead atoms. The molecular weight excluding hydrogens is 803 g/mol. The zero-order valence-electron chi connectivity index (χ0n) is 36.6. The van der Waals surface area contributed by atoms with Crippen LogP contribution < -0.4 is 5.19 Å². The van der Waals surface area contributed by atoms with Gasteiger partial charge in [-0.3, -0.25) is 0 Å². The van der Waals surface area contributed by atoms with E-state index >= 15 is 0 Å². The molecule has 1 aromatic heterocycles. The highest BCUT2D eigenvalue weighted by molar-refractivity contribution is 6.88. The van der Waals surface area contributed by atoms with Crippen LogP contribution in [0, 0.1) is 0 Å². The van der Waals surface area contributed by atoms with Gasteiger partial charge >= 0.3 is 0 Å². The Labute approximate surface area is 381 Å². The van der Waals surface area contributed by atoms with Crippen molar-refractivity contribution in [3.63, 3.8) is 0 Å². The molecular formula is C61H45N3Si. The largest absolute Gasteiger partial charge is 0.208 e. The van der Waals surface area contributed by atoms with Crippen molar-refractivity contribution < 1.29 is 0 Å². The molecule has 308 valence electrons. The van der Waals surface area contributed by atoms with Crippen molar-refractivity contribution in [3.05, 3.63) is 241 Å². The predicted molar refractivity (Wildman–Crippen MR) is 272 cm³/mol. The van der Waals surface area contributed by atoms with E-state index in [1.54, 1.807) is 0 Å². The van der Waals surface area contributed by atoms with E-state index in [4.69, 9.17) is 15.0 Å². The molecule has 65 heavy (non-hydrogen) atoms. The van der Waals surface area contributed by atoms with Gasteiger partial charge in [-0.25, -0.2) is 15.0 Å². The maximum Gasteiger partial charge on any atom is 0.164 e. The van der Waals surface area contributed by atoms with Crippen molar-refractivity contribution in [3.8, 4) is 89.8 Å². The Morgan fingerprint density at radius 1 is 0.277 bits per heavy atom. The third-order valence-corrected chi connectivity index (χ3v) is 15.6. The molecule has 0 fully saturated rings. The number of nitrogens with zero attached hydrogens (tertiary/aromatic N) is 3. The van der Waals surface area contributed by atoms with Crippen molar-refractivity contribution >= 4 is 13.3 Å². The van der Waals surface area contributed by atoms with E-state index in [1.807, 2.05) is 6.07 Å². The molecule has 0 amide bonds. The Bertz CT molecular complexity index is 3410. The molecule has 1 spiro atoms. The molecule has 9 aromatic carbocycles. The molecule has 4 heteroatoms. The number of rotatable bonds is 7. The molecule has 10 aromatic rings. The number of hydrogen-bond donors (Lipinski definition) is 0. The molecule has 0 atom stereocenters. The number of benzene rings is 9. The lowest BCUT2D eigenvalue weighted by Gasteiger charge is -2.30. The smallest absolute Gasteiger partial charge is 0.164 e. The second-order valence-electron chi connectivity index (χ2n) is 18.4. The maximum absolute atomic E-state index is 5.27. The molecule has 0 radical (unpaired) electrons. The monoisotopic (exact) mass is 847 g/mol. The van der Waals surface area contributed by atoms with Crippen LogP contribution in [0.1, 0.15) is 22.3 Å². The summed E-state index contributed by atoms with van der Waals surface area (Å²) in [5.41, 5.74) is 19.9. The summed E-state index contributed by atoms with van der Waals surface area (Å²) >= 11 is 0. The summed E-state index contributed by atoms with van der Waals surface area (Å²) in [6.07, 6.45) is 0. The summed E-state index contributed by atoms with van der Waals surface area (Å²) in [5, 5.41) is 1.44. The van der Waals surface area contributed by atoms with Crippen LogP contribution in [0.25, 0.3) is 89.8 Å². The van der Waals surface area contributed by atoms with Crippen LogP contribution >= 0.6 is 0 Å². The molecule has 12 rings (SSSR count). The first-order valence-corrected chi connectivity index (χ1v) is 26.0. The van der Waals surface area contributed by atoms with E-state index in [0.717, 1.165) is 38.9 Å². The van der Waals surface area contributed by atoms with Gasteiger partial charge in [-0.05, 0) is 96.1 Å². The van der Waals surface area contributed by atoms with E-state index in [2.05, 4.69) is 232 Å². The summed E-state index contributed by atoms with van der Waals surface area (Å²) in [7, 11) is -1.51. The topological polar surface area (TPSA) is 38.7 Å². The van der Waals surface area contributed by atoms with Crippen LogP contribution in [0.3, 0.4) is 0 Å². The summed E-state index contributed by atoms with van der Waals surface area (Å²) in [6.45, 7) is 7.18. The van der Waals surface area contributed by atoms with Gasteiger partial charge in [0.05, 0.1) is 13.5 Å². The highest BCUT2D eigenvalue weighted by Gasteiger charge is 2.51. The Morgan fingerprint density at radius 2 is 0.646 bits per heavy atom. The minimum atomic E-state index is -1.51. The van der Waals surface area contributed by atoms with Gasteiger partial charge in [0.2, 0.25) is 0 Å². The first kappa shape index (κ1) is 38.8. The van der Waals surface area contributed by atoms with E-state index < -0.39 is 13.5 Å². The van der Waals surface area contributed by atoms with Crippen LogP contribution in [0.4, 0.5) is 0 Å². The van der Waals surface area contributed by atoms with Crippen molar-refractivity contribution in [1.29, 1.82) is 0 Å². The van der Waals surface area contributed by atoms with Gasteiger partial charge < -0.3 is 0 Å². The fourth-order valence-electron chi connectivity index (χ4n) is 10.3. The van der Waals surface area contributed by atoms with E-state index in [1.165, 1.54) is 60.8 Å². The zero-order valence-corrected chi connectivity index (χ0v) is 37.6. The molecule has 0 aliphatic heterocycles. The average Bonchev–Trinajstić information content (AvgIpc) is 3.83. The molecule has 0 N–H and O–H groups in total. The molecule has 0 unspecified atom stereocenters.